The predicted molar refractivity (Wildman–Crippen MR) is 96.9 cm³/mol. The van der Waals surface area contributed by atoms with Crippen LogP contribution in [0, 0.1) is 5.92 Å². The quantitative estimate of drug-likeness (QED) is 0.851. The molecule has 2 aliphatic rings. The molecule has 0 spiro atoms. The van der Waals surface area contributed by atoms with Gasteiger partial charge in [0, 0.05) is 43.8 Å². The lowest BCUT2D eigenvalue weighted by Gasteiger charge is -2.34. The van der Waals surface area contributed by atoms with E-state index in [4.69, 9.17) is 11.6 Å². The summed E-state index contributed by atoms with van der Waals surface area (Å²) in [5.74, 6) is 0.591. The largest absolute Gasteiger partial charge is 0.392 e. The summed E-state index contributed by atoms with van der Waals surface area (Å²) in [4.78, 5) is 16.7. The summed E-state index contributed by atoms with van der Waals surface area (Å²) in [6, 6.07) is 7.47. The maximum absolute atomic E-state index is 12.4. The Balaban J connectivity index is 1.52. The summed E-state index contributed by atoms with van der Waals surface area (Å²) in [5.41, 5.74) is 0.979. The third kappa shape index (κ3) is 4.82. The number of β-amino-alcohol motifs (C(OH)–C–C–N with tert-alkyl or cyclic N) is 1. The van der Waals surface area contributed by atoms with Crippen LogP contribution in [0.25, 0.3) is 6.08 Å². The summed E-state index contributed by atoms with van der Waals surface area (Å²) in [5, 5.41) is 10.3. The fourth-order valence-corrected chi connectivity index (χ4v) is 3.73. The van der Waals surface area contributed by atoms with E-state index >= 15 is 0 Å². The van der Waals surface area contributed by atoms with Crippen LogP contribution in [0.5, 0.6) is 0 Å². The molecule has 2 fully saturated rings. The molecule has 1 aromatic carbocycles. The van der Waals surface area contributed by atoms with E-state index in [1.54, 1.807) is 6.08 Å². The number of halogens is 1. The number of carbonyl (C=O) groups is 1. The molecule has 2 aliphatic heterocycles. The lowest BCUT2D eigenvalue weighted by molar-refractivity contribution is -0.127. The Labute approximate surface area is 148 Å². The SMILES string of the molecule is O=C(C=Cc1ccc(Cl)cc1)N1CCCC(CN2CCC(O)C2)C1. The zero-order chi connectivity index (χ0) is 16.9. The van der Waals surface area contributed by atoms with Crippen LogP contribution in [0.3, 0.4) is 0 Å². The van der Waals surface area contributed by atoms with Crippen molar-refractivity contribution < 1.29 is 9.90 Å². The Bertz CT molecular complexity index is 588. The van der Waals surface area contributed by atoms with Crippen LogP contribution in [0.1, 0.15) is 24.8 Å². The molecule has 1 aromatic rings. The molecule has 0 aliphatic carbocycles. The van der Waals surface area contributed by atoms with Crippen molar-refractivity contribution >= 4 is 23.6 Å². The van der Waals surface area contributed by atoms with E-state index in [9.17, 15) is 9.90 Å². The molecule has 2 heterocycles. The molecule has 0 radical (unpaired) electrons. The van der Waals surface area contributed by atoms with Gasteiger partial charge >= 0.3 is 0 Å². The molecule has 0 saturated carbocycles. The van der Waals surface area contributed by atoms with E-state index in [-0.39, 0.29) is 12.0 Å². The summed E-state index contributed by atoms with van der Waals surface area (Å²) in [7, 11) is 0. The van der Waals surface area contributed by atoms with Gasteiger partial charge in [-0.3, -0.25) is 4.79 Å². The molecule has 1 N–H and O–H groups in total. The van der Waals surface area contributed by atoms with Crippen LogP contribution >= 0.6 is 11.6 Å². The number of carbonyl (C=O) groups excluding carboxylic acids is 1. The zero-order valence-corrected chi connectivity index (χ0v) is 14.7. The maximum atomic E-state index is 12.4. The molecule has 2 unspecified atom stereocenters. The number of benzene rings is 1. The number of amides is 1. The van der Waals surface area contributed by atoms with Gasteiger partial charge in [0.1, 0.15) is 0 Å². The van der Waals surface area contributed by atoms with Gasteiger partial charge in [0.05, 0.1) is 6.10 Å². The third-order valence-electron chi connectivity index (χ3n) is 4.88. The third-order valence-corrected chi connectivity index (χ3v) is 5.13. The number of likely N-dealkylation sites (tertiary alicyclic amines) is 2. The Morgan fingerprint density at radius 1 is 1.21 bits per heavy atom. The number of aliphatic hydroxyl groups excluding tert-OH is 1. The van der Waals surface area contributed by atoms with Gasteiger partial charge in [-0.2, -0.15) is 0 Å². The molecular formula is C19H25ClN2O2. The Morgan fingerprint density at radius 2 is 2.00 bits per heavy atom. The Kier molecular flexibility index (Phi) is 5.93. The normalized spacial score (nSPS) is 25.5. The average Bonchev–Trinajstić information content (AvgIpc) is 2.99. The van der Waals surface area contributed by atoms with Crippen molar-refractivity contribution in [2.45, 2.75) is 25.4 Å². The Morgan fingerprint density at radius 3 is 2.71 bits per heavy atom. The minimum absolute atomic E-state index is 0.0797. The number of hydrogen-bond donors (Lipinski definition) is 1. The number of rotatable bonds is 4. The van der Waals surface area contributed by atoms with Gasteiger partial charge in [0.25, 0.3) is 0 Å². The van der Waals surface area contributed by atoms with Crippen LogP contribution in [0.4, 0.5) is 0 Å². The summed E-state index contributed by atoms with van der Waals surface area (Å²) < 4.78 is 0. The van der Waals surface area contributed by atoms with Gasteiger partial charge in [-0.1, -0.05) is 23.7 Å². The monoisotopic (exact) mass is 348 g/mol. The summed E-state index contributed by atoms with van der Waals surface area (Å²) in [6.07, 6.45) is 6.43. The molecule has 2 atom stereocenters. The number of piperidine rings is 1. The standard InChI is InChI=1S/C19H25ClN2O2/c20-17-6-3-15(4-7-17)5-8-19(24)22-10-1-2-16(13-22)12-21-11-9-18(23)14-21/h3-8,16,18,23H,1-2,9-14H2. The predicted octanol–water partition coefficient (Wildman–Crippen LogP) is 2.66. The first-order chi connectivity index (χ1) is 11.6. The van der Waals surface area contributed by atoms with Crippen LogP contribution in [-0.4, -0.2) is 59.6 Å². The average molecular weight is 349 g/mol. The topological polar surface area (TPSA) is 43.8 Å². The molecule has 4 nitrogen and oxygen atoms in total. The lowest BCUT2D eigenvalue weighted by atomic mass is 9.97. The number of nitrogens with zero attached hydrogens (tertiary/aromatic N) is 2. The van der Waals surface area contributed by atoms with E-state index in [2.05, 4.69) is 4.90 Å². The van der Waals surface area contributed by atoms with Crippen LogP contribution in [0.15, 0.2) is 30.3 Å². The van der Waals surface area contributed by atoms with Gasteiger partial charge in [-0.05, 0) is 49.0 Å². The zero-order valence-electron chi connectivity index (χ0n) is 13.9. The molecule has 2 saturated heterocycles. The van der Waals surface area contributed by atoms with Gasteiger partial charge in [-0.25, -0.2) is 0 Å². The van der Waals surface area contributed by atoms with E-state index in [0.29, 0.717) is 10.9 Å². The molecule has 130 valence electrons. The first-order valence-corrected chi connectivity index (χ1v) is 9.11. The molecule has 0 bridgehead atoms. The minimum Gasteiger partial charge on any atom is -0.392 e. The van der Waals surface area contributed by atoms with E-state index in [0.717, 1.165) is 57.5 Å². The molecular weight excluding hydrogens is 324 g/mol. The van der Waals surface area contributed by atoms with Crippen LogP contribution < -0.4 is 0 Å². The number of hydrogen-bond acceptors (Lipinski definition) is 3. The van der Waals surface area contributed by atoms with Crippen molar-refractivity contribution in [2.75, 3.05) is 32.7 Å². The number of aliphatic hydroxyl groups is 1. The minimum atomic E-state index is -0.173. The van der Waals surface area contributed by atoms with Crippen molar-refractivity contribution in [1.82, 2.24) is 9.80 Å². The highest BCUT2D eigenvalue weighted by Crippen LogP contribution is 2.20. The lowest BCUT2D eigenvalue weighted by Crippen LogP contribution is -2.43. The highest BCUT2D eigenvalue weighted by molar-refractivity contribution is 6.30. The van der Waals surface area contributed by atoms with Gasteiger partial charge < -0.3 is 14.9 Å². The molecule has 24 heavy (non-hydrogen) atoms. The van der Waals surface area contributed by atoms with E-state index in [1.807, 2.05) is 35.2 Å². The van der Waals surface area contributed by atoms with Crippen molar-refractivity contribution in [2.24, 2.45) is 5.92 Å². The Hall–Kier alpha value is -1.36. The van der Waals surface area contributed by atoms with Crippen molar-refractivity contribution in [3.05, 3.63) is 40.9 Å². The molecule has 1 amide bonds. The van der Waals surface area contributed by atoms with Crippen molar-refractivity contribution in [1.29, 1.82) is 0 Å². The van der Waals surface area contributed by atoms with Crippen LogP contribution in [-0.2, 0) is 4.79 Å². The molecule has 5 heteroatoms. The van der Waals surface area contributed by atoms with E-state index in [1.165, 1.54) is 0 Å². The fourth-order valence-electron chi connectivity index (χ4n) is 3.60. The maximum Gasteiger partial charge on any atom is 0.246 e. The van der Waals surface area contributed by atoms with Gasteiger partial charge in [0.2, 0.25) is 5.91 Å². The second kappa shape index (κ2) is 8.15. The van der Waals surface area contributed by atoms with Gasteiger partial charge in [-0.15, -0.1) is 0 Å². The van der Waals surface area contributed by atoms with Crippen LogP contribution in [0.2, 0.25) is 5.02 Å². The first-order valence-electron chi connectivity index (χ1n) is 8.73. The smallest absolute Gasteiger partial charge is 0.246 e. The highest BCUT2D eigenvalue weighted by atomic mass is 35.5. The second-order valence-corrected chi connectivity index (χ2v) is 7.32. The summed E-state index contributed by atoms with van der Waals surface area (Å²) in [6.45, 7) is 4.39. The first kappa shape index (κ1) is 17.5. The molecule has 3 rings (SSSR count). The fraction of sp³-hybridized carbons (Fsp3) is 0.526. The van der Waals surface area contributed by atoms with Gasteiger partial charge in [0.15, 0.2) is 0 Å². The van der Waals surface area contributed by atoms with Crippen molar-refractivity contribution in [3.63, 3.8) is 0 Å². The molecule has 0 aromatic heterocycles. The van der Waals surface area contributed by atoms with E-state index < -0.39 is 0 Å². The van der Waals surface area contributed by atoms with Crippen molar-refractivity contribution in [3.8, 4) is 0 Å². The second-order valence-electron chi connectivity index (χ2n) is 6.88. The highest BCUT2D eigenvalue weighted by Gasteiger charge is 2.27. The summed E-state index contributed by atoms with van der Waals surface area (Å²) >= 11 is 5.87.